The van der Waals surface area contributed by atoms with Gasteiger partial charge in [-0.3, -0.25) is 4.79 Å². The van der Waals surface area contributed by atoms with Gasteiger partial charge in [-0.05, 0) is 36.8 Å². The third-order valence-corrected chi connectivity index (χ3v) is 5.99. The van der Waals surface area contributed by atoms with Gasteiger partial charge in [0, 0.05) is 25.4 Å². The monoisotopic (exact) mass is 475 g/mol. The Balaban J connectivity index is 1.47. The van der Waals surface area contributed by atoms with Gasteiger partial charge < -0.3 is 9.14 Å². The van der Waals surface area contributed by atoms with Crippen molar-refractivity contribution in [2.24, 2.45) is 0 Å². The first-order valence-electron chi connectivity index (χ1n) is 9.01. The molecular formula is C19H17ClF3N3O4S. The van der Waals surface area contributed by atoms with Crippen LogP contribution in [0.2, 0.25) is 5.02 Å². The molecule has 31 heavy (non-hydrogen) atoms. The molecule has 7 nitrogen and oxygen atoms in total. The molecule has 0 bridgehead atoms. The van der Waals surface area contributed by atoms with Crippen LogP contribution in [0, 0.1) is 0 Å². The van der Waals surface area contributed by atoms with Crippen LogP contribution < -0.4 is 4.72 Å². The van der Waals surface area contributed by atoms with Crippen molar-refractivity contribution in [2.75, 3.05) is 6.54 Å². The molecule has 0 saturated heterocycles. The number of alkyl halides is 3. The van der Waals surface area contributed by atoms with Crippen molar-refractivity contribution in [3.8, 4) is 0 Å². The minimum Gasteiger partial charge on any atom is -0.459 e. The van der Waals surface area contributed by atoms with Crippen LogP contribution in [0.15, 0.2) is 53.7 Å². The maximum Gasteiger partial charge on any atom is 0.417 e. The molecule has 0 fully saturated rings. The second-order valence-electron chi connectivity index (χ2n) is 6.50. The van der Waals surface area contributed by atoms with Crippen LogP contribution in [0.5, 0.6) is 0 Å². The zero-order chi connectivity index (χ0) is 22.6. The third kappa shape index (κ3) is 5.96. The largest absolute Gasteiger partial charge is 0.459 e. The summed E-state index contributed by atoms with van der Waals surface area (Å²) in [6, 6.07) is 7.77. The molecule has 0 aliphatic heterocycles. The second-order valence-corrected chi connectivity index (χ2v) is 8.67. The molecular weight excluding hydrogens is 459 g/mol. The number of halogens is 4. The first-order chi connectivity index (χ1) is 14.6. The Bertz CT molecular complexity index is 1160. The predicted molar refractivity (Wildman–Crippen MR) is 106 cm³/mol. The zero-order valence-electron chi connectivity index (χ0n) is 15.9. The van der Waals surface area contributed by atoms with Crippen molar-refractivity contribution in [1.82, 2.24) is 14.1 Å². The van der Waals surface area contributed by atoms with E-state index in [0.29, 0.717) is 17.4 Å². The fraction of sp³-hybridized carbons (Fsp3) is 0.263. The van der Waals surface area contributed by atoms with Gasteiger partial charge >= 0.3 is 12.1 Å². The number of fused-ring (bicyclic) bond motifs is 1. The van der Waals surface area contributed by atoms with E-state index in [1.165, 1.54) is 0 Å². The van der Waals surface area contributed by atoms with Crippen molar-refractivity contribution in [2.45, 2.75) is 30.5 Å². The third-order valence-electron chi connectivity index (χ3n) is 4.20. The molecule has 0 aliphatic rings. The van der Waals surface area contributed by atoms with Crippen LogP contribution in [0.4, 0.5) is 13.2 Å². The van der Waals surface area contributed by atoms with Gasteiger partial charge in [0.05, 0.1) is 21.2 Å². The topological polar surface area (TPSA) is 89.8 Å². The van der Waals surface area contributed by atoms with E-state index in [0.717, 1.165) is 12.1 Å². The average Bonchev–Trinajstić information content (AvgIpc) is 3.12. The van der Waals surface area contributed by atoms with Gasteiger partial charge in [-0.25, -0.2) is 18.1 Å². The average molecular weight is 476 g/mol. The van der Waals surface area contributed by atoms with Gasteiger partial charge in [0.15, 0.2) is 0 Å². The molecule has 0 atom stereocenters. The quantitative estimate of drug-likeness (QED) is 0.395. The van der Waals surface area contributed by atoms with Gasteiger partial charge in [-0.1, -0.05) is 17.7 Å². The Morgan fingerprint density at radius 2 is 2.00 bits per heavy atom. The van der Waals surface area contributed by atoms with Crippen LogP contribution in [0.25, 0.3) is 5.65 Å². The van der Waals surface area contributed by atoms with Crippen molar-refractivity contribution < 1.29 is 31.1 Å². The van der Waals surface area contributed by atoms with Crippen LogP contribution in [0.3, 0.4) is 0 Å². The molecule has 3 aromatic rings. The number of nitrogens with zero attached hydrogens (tertiary/aromatic N) is 2. The number of hydrogen-bond acceptors (Lipinski definition) is 5. The number of carbonyl (C=O) groups is 1. The Morgan fingerprint density at radius 1 is 1.23 bits per heavy atom. The molecule has 0 spiro atoms. The SMILES string of the molecule is O=C(CCCNS(=O)(=O)c1ccc(Cl)c(C(F)(F)F)c1)OCc1cn2ccccc2n1. The smallest absolute Gasteiger partial charge is 0.417 e. The Hall–Kier alpha value is -2.63. The van der Waals surface area contributed by atoms with Crippen molar-refractivity contribution in [1.29, 1.82) is 0 Å². The number of nitrogens with one attached hydrogen (secondary N) is 1. The molecule has 2 heterocycles. The summed E-state index contributed by atoms with van der Waals surface area (Å²) in [5.74, 6) is -0.554. The van der Waals surface area contributed by atoms with Gasteiger partial charge in [-0.2, -0.15) is 13.2 Å². The fourth-order valence-corrected chi connectivity index (χ4v) is 4.02. The molecule has 0 unspecified atom stereocenters. The summed E-state index contributed by atoms with van der Waals surface area (Å²) in [7, 11) is -4.20. The molecule has 0 aliphatic carbocycles. The lowest BCUT2D eigenvalue weighted by molar-refractivity contribution is -0.145. The van der Waals surface area contributed by atoms with E-state index in [1.54, 1.807) is 22.9 Å². The summed E-state index contributed by atoms with van der Waals surface area (Å²) in [5.41, 5.74) is 0.0230. The number of sulfonamides is 1. The molecule has 0 radical (unpaired) electrons. The van der Waals surface area contributed by atoms with Gasteiger partial charge in [0.2, 0.25) is 10.0 Å². The Morgan fingerprint density at radius 3 is 2.71 bits per heavy atom. The fourth-order valence-electron chi connectivity index (χ4n) is 2.69. The van der Waals surface area contributed by atoms with E-state index in [4.69, 9.17) is 16.3 Å². The van der Waals surface area contributed by atoms with Crippen molar-refractivity contribution in [3.63, 3.8) is 0 Å². The van der Waals surface area contributed by atoms with Crippen LogP contribution >= 0.6 is 11.6 Å². The summed E-state index contributed by atoms with van der Waals surface area (Å²) >= 11 is 5.50. The number of pyridine rings is 1. The van der Waals surface area contributed by atoms with E-state index >= 15 is 0 Å². The van der Waals surface area contributed by atoms with Gasteiger partial charge in [0.1, 0.15) is 12.3 Å². The molecule has 3 rings (SSSR count). The molecule has 166 valence electrons. The number of hydrogen-bond donors (Lipinski definition) is 1. The van der Waals surface area contributed by atoms with Gasteiger partial charge in [-0.15, -0.1) is 0 Å². The van der Waals surface area contributed by atoms with E-state index in [2.05, 4.69) is 9.71 Å². The number of rotatable bonds is 8. The van der Waals surface area contributed by atoms with E-state index in [1.807, 2.05) is 12.1 Å². The second kappa shape index (κ2) is 9.25. The van der Waals surface area contributed by atoms with Crippen molar-refractivity contribution in [3.05, 3.63) is 65.1 Å². The first-order valence-corrected chi connectivity index (χ1v) is 10.9. The molecule has 0 saturated carbocycles. The number of benzene rings is 1. The highest BCUT2D eigenvalue weighted by Gasteiger charge is 2.34. The molecule has 0 amide bonds. The van der Waals surface area contributed by atoms with Crippen LogP contribution in [-0.2, 0) is 32.3 Å². The maximum atomic E-state index is 12.9. The van der Waals surface area contributed by atoms with Gasteiger partial charge in [0.25, 0.3) is 0 Å². The minimum absolute atomic E-state index is 0.0305. The summed E-state index contributed by atoms with van der Waals surface area (Å²) in [5, 5.41) is -0.597. The predicted octanol–water partition coefficient (Wildman–Crippen LogP) is 3.81. The molecule has 2 aromatic heterocycles. The molecule has 1 N–H and O–H groups in total. The summed E-state index contributed by atoms with van der Waals surface area (Å²) < 4.78 is 72.2. The number of carbonyl (C=O) groups excluding carboxylic acids is 1. The summed E-state index contributed by atoms with van der Waals surface area (Å²) in [4.78, 5) is 15.6. The summed E-state index contributed by atoms with van der Waals surface area (Å²) in [6.07, 6.45) is -1.24. The lowest BCUT2D eigenvalue weighted by atomic mass is 10.2. The maximum absolute atomic E-state index is 12.9. The highest BCUT2D eigenvalue weighted by molar-refractivity contribution is 7.89. The van der Waals surface area contributed by atoms with Crippen LogP contribution in [-0.4, -0.2) is 30.3 Å². The van der Waals surface area contributed by atoms with E-state index in [9.17, 15) is 26.4 Å². The number of imidazole rings is 1. The minimum atomic E-state index is -4.78. The molecule has 12 heteroatoms. The Labute approximate surface area is 180 Å². The Kier molecular flexibility index (Phi) is 6.87. The number of aromatic nitrogens is 2. The number of esters is 1. The highest BCUT2D eigenvalue weighted by atomic mass is 35.5. The summed E-state index contributed by atoms with van der Waals surface area (Å²) in [6.45, 7) is -0.187. The molecule has 1 aromatic carbocycles. The number of ether oxygens (including phenoxy) is 1. The highest BCUT2D eigenvalue weighted by Crippen LogP contribution is 2.35. The van der Waals surface area contributed by atoms with Crippen molar-refractivity contribution >= 4 is 33.2 Å². The lowest BCUT2D eigenvalue weighted by Gasteiger charge is -2.12. The van der Waals surface area contributed by atoms with Crippen LogP contribution in [0.1, 0.15) is 24.1 Å². The lowest BCUT2D eigenvalue weighted by Crippen LogP contribution is -2.25. The normalized spacial score (nSPS) is 12.3. The zero-order valence-corrected chi connectivity index (χ0v) is 17.5. The van der Waals surface area contributed by atoms with E-state index in [-0.39, 0.29) is 26.0 Å². The van der Waals surface area contributed by atoms with E-state index < -0.39 is 37.7 Å². The first kappa shape index (κ1) is 23.0. The standard InChI is InChI=1S/C19H17ClF3N3O4S/c20-16-7-6-14(10-15(16)19(21,22)23)31(28,29)24-8-3-5-18(27)30-12-13-11-26-9-2-1-4-17(26)25-13/h1-2,4,6-7,9-11,24H,3,5,8,12H2.